The molecule has 1 unspecified atom stereocenters. The van der Waals surface area contributed by atoms with Gasteiger partial charge in [-0.1, -0.05) is 67.4 Å². The quantitative estimate of drug-likeness (QED) is 0.871. The number of carbonyl (C=O) groups excluding carboxylic acids is 1. The number of benzene rings is 2. The summed E-state index contributed by atoms with van der Waals surface area (Å²) in [5.74, 6) is 0.403. The van der Waals surface area contributed by atoms with Gasteiger partial charge < -0.3 is 5.32 Å². The molecule has 0 bridgehead atoms. The topological polar surface area (TPSA) is 46.2 Å². The molecule has 1 saturated carbocycles. The van der Waals surface area contributed by atoms with E-state index < -0.39 is 10.8 Å². The fraction of sp³-hybridized carbons (Fsp3) is 0.350. The zero-order valence-corrected chi connectivity index (χ0v) is 14.6. The molecular weight excluding hydrogens is 318 g/mol. The molecule has 1 atom stereocenters. The summed E-state index contributed by atoms with van der Waals surface area (Å²) in [4.78, 5) is 12.1. The van der Waals surface area contributed by atoms with Crippen LogP contribution in [0.15, 0.2) is 54.6 Å². The van der Waals surface area contributed by atoms with Crippen molar-refractivity contribution >= 4 is 16.7 Å². The molecule has 1 N–H and O–H groups in total. The number of hydrogen-bond acceptors (Lipinski definition) is 2. The van der Waals surface area contributed by atoms with Gasteiger partial charge in [-0.2, -0.15) is 0 Å². The molecule has 1 aliphatic rings. The molecule has 1 aliphatic carbocycles. The van der Waals surface area contributed by atoms with Gasteiger partial charge in [0, 0.05) is 22.6 Å². The highest BCUT2D eigenvalue weighted by Crippen LogP contribution is 2.24. The lowest BCUT2D eigenvalue weighted by Gasteiger charge is -2.12. The number of amides is 1. The van der Waals surface area contributed by atoms with E-state index in [1.807, 2.05) is 42.5 Å². The van der Waals surface area contributed by atoms with E-state index >= 15 is 0 Å². The molecule has 0 heterocycles. The fourth-order valence-electron chi connectivity index (χ4n) is 3.26. The van der Waals surface area contributed by atoms with Gasteiger partial charge in [-0.25, -0.2) is 0 Å². The Morgan fingerprint density at radius 2 is 1.67 bits per heavy atom. The molecule has 3 rings (SSSR count). The lowest BCUT2D eigenvalue weighted by atomic mass is 10.0. The summed E-state index contributed by atoms with van der Waals surface area (Å²) < 4.78 is 12.4. The van der Waals surface area contributed by atoms with Crippen molar-refractivity contribution in [2.24, 2.45) is 0 Å². The Hall–Kier alpha value is -1.94. The second-order valence-electron chi connectivity index (χ2n) is 6.30. The van der Waals surface area contributed by atoms with Gasteiger partial charge in [-0.05, 0) is 29.5 Å². The molecule has 126 valence electrons. The number of nitrogens with one attached hydrogen (secondary N) is 1. The first-order chi connectivity index (χ1) is 11.7. The Balaban J connectivity index is 1.63. The van der Waals surface area contributed by atoms with Crippen LogP contribution in [0.5, 0.6) is 0 Å². The predicted molar refractivity (Wildman–Crippen MR) is 99.0 cm³/mol. The van der Waals surface area contributed by atoms with Crippen molar-refractivity contribution < 1.29 is 9.00 Å². The smallest absolute Gasteiger partial charge is 0.232 e. The lowest BCUT2D eigenvalue weighted by molar-refractivity contribution is -0.119. The Bertz CT molecular complexity index is 709. The summed E-state index contributed by atoms with van der Waals surface area (Å²) in [5, 5.41) is 3.01. The van der Waals surface area contributed by atoms with Crippen LogP contribution in [0.2, 0.25) is 0 Å². The normalized spacial score (nSPS) is 16.0. The Labute approximate surface area is 145 Å². The van der Waals surface area contributed by atoms with E-state index in [-0.39, 0.29) is 17.7 Å². The minimum atomic E-state index is -1.20. The first-order valence-corrected chi connectivity index (χ1v) is 9.99. The van der Waals surface area contributed by atoms with Crippen LogP contribution in [0.1, 0.15) is 31.2 Å². The third-order valence-electron chi connectivity index (χ3n) is 4.43. The molecule has 1 amide bonds. The van der Waals surface area contributed by atoms with Crippen molar-refractivity contribution in [1.82, 2.24) is 5.32 Å². The second kappa shape index (κ2) is 8.25. The molecule has 0 radical (unpaired) electrons. The van der Waals surface area contributed by atoms with Crippen LogP contribution < -0.4 is 5.32 Å². The van der Waals surface area contributed by atoms with E-state index in [2.05, 4.69) is 17.4 Å². The van der Waals surface area contributed by atoms with Crippen LogP contribution in [0.25, 0.3) is 11.1 Å². The lowest BCUT2D eigenvalue weighted by Crippen LogP contribution is -2.35. The van der Waals surface area contributed by atoms with Gasteiger partial charge in [0.05, 0.1) is 0 Å². The van der Waals surface area contributed by atoms with E-state index in [9.17, 15) is 9.00 Å². The third kappa shape index (κ3) is 4.54. The second-order valence-corrected chi connectivity index (χ2v) is 7.76. The highest BCUT2D eigenvalue weighted by molar-refractivity contribution is 7.84. The SMILES string of the molecule is O=C(CS(=O)Cc1ccccc1-c1ccccc1)NC1CCCC1. The molecule has 2 aromatic carbocycles. The summed E-state index contributed by atoms with van der Waals surface area (Å²) >= 11 is 0. The standard InChI is InChI=1S/C20H23NO2S/c22-20(21-18-11-5-6-12-18)15-24(23)14-17-10-4-7-13-19(17)16-8-2-1-3-9-16/h1-4,7-10,13,18H,5-6,11-12,14-15H2,(H,21,22). The van der Waals surface area contributed by atoms with Crippen molar-refractivity contribution in [3.63, 3.8) is 0 Å². The molecule has 0 spiro atoms. The molecule has 0 saturated heterocycles. The number of carbonyl (C=O) groups is 1. The van der Waals surface area contributed by atoms with Gasteiger partial charge >= 0.3 is 0 Å². The largest absolute Gasteiger partial charge is 0.353 e. The zero-order valence-electron chi connectivity index (χ0n) is 13.7. The summed E-state index contributed by atoms with van der Waals surface area (Å²) in [6, 6.07) is 18.3. The first kappa shape index (κ1) is 16.9. The maximum atomic E-state index is 12.4. The Morgan fingerprint density at radius 3 is 2.42 bits per heavy atom. The van der Waals surface area contributed by atoms with Crippen LogP contribution in [0, 0.1) is 0 Å². The van der Waals surface area contributed by atoms with E-state index in [4.69, 9.17) is 0 Å². The minimum Gasteiger partial charge on any atom is -0.353 e. The molecule has 0 aromatic heterocycles. The molecule has 2 aromatic rings. The van der Waals surface area contributed by atoms with Gasteiger partial charge in [0.15, 0.2) is 0 Å². The summed E-state index contributed by atoms with van der Waals surface area (Å²) in [7, 11) is -1.20. The summed E-state index contributed by atoms with van der Waals surface area (Å²) in [5.41, 5.74) is 3.22. The maximum Gasteiger partial charge on any atom is 0.232 e. The average molecular weight is 341 g/mol. The van der Waals surface area contributed by atoms with Crippen molar-refractivity contribution in [1.29, 1.82) is 0 Å². The van der Waals surface area contributed by atoms with Crippen molar-refractivity contribution in [3.05, 3.63) is 60.2 Å². The minimum absolute atomic E-state index is 0.0830. The fourth-order valence-corrected chi connectivity index (χ4v) is 4.33. The Morgan fingerprint density at radius 1 is 1.00 bits per heavy atom. The average Bonchev–Trinajstić information content (AvgIpc) is 3.09. The predicted octanol–water partition coefficient (Wildman–Crippen LogP) is 3.66. The van der Waals surface area contributed by atoms with Crippen LogP contribution >= 0.6 is 0 Å². The van der Waals surface area contributed by atoms with Crippen molar-refractivity contribution in [3.8, 4) is 11.1 Å². The third-order valence-corrected chi connectivity index (χ3v) is 5.65. The number of rotatable bonds is 6. The molecule has 1 fully saturated rings. The van der Waals surface area contributed by atoms with E-state index in [0.29, 0.717) is 5.75 Å². The first-order valence-electron chi connectivity index (χ1n) is 8.50. The van der Waals surface area contributed by atoms with E-state index in [0.717, 1.165) is 29.5 Å². The zero-order chi connectivity index (χ0) is 16.8. The maximum absolute atomic E-state index is 12.4. The molecule has 4 heteroatoms. The highest BCUT2D eigenvalue weighted by atomic mass is 32.2. The van der Waals surface area contributed by atoms with Crippen LogP contribution in [-0.2, 0) is 21.3 Å². The van der Waals surface area contributed by atoms with Crippen LogP contribution in [0.3, 0.4) is 0 Å². The molecule has 0 aliphatic heterocycles. The molecular formula is C20H23NO2S. The van der Waals surface area contributed by atoms with Gasteiger partial charge in [0.2, 0.25) is 5.91 Å². The van der Waals surface area contributed by atoms with Gasteiger partial charge in [-0.15, -0.1) is 0 Å². The molecule has 3 nitrogen and oxygen atoms in total. The number of hydrogen-bond donors (Lipinski definition) is 1. The van der Waals surface area contributed by atoms with Crippen molar-refractivity contribution in [2.75, 3.05) is 5.75 Å². The molecule has 24 heavy (non-hydrogen) atoms. The Kier molecular flexibility index (Phi) is 5.81. The van der Waals surface area contributed by atoms with Gasteiger partial charge in [0.25, 0.3) is 0 Å². The van der Waals surface area contributed by atoms with Crippen LogP contribution in [-0.4, -0.2) is 21.9 Å². The van der Waals surface area contributed by atoms with E-state index in [1.54, 1.807) is 0 Å². The van der Waals surface area contributed by atoms with Crippen LogP contribution in [0.4, 0.5) is 0 Å². The van der Waals surface area contributed by atoms with Gasteiger partial charge in [0.1, 0.15) is 5.75 Å². The summed E-state index contributed by atoms with van der Waals surface area (Å²) in [6.45, 7) is 0. The van der Waals surface area contributed by atoms with Gasteiger partial charge in [-0.3, -0.25) is 9.00 Å². The van der Waals surface area contributed by atoms with Crippen molar-refractivity contribution in [2.45, 2.75) is 37.5 Å². The monoisotopic (exact) mass is 341 g/mol. The summed E-state index contributed by atoms with van der Waals surface area (Å²) in [6.07, 6.45) is 4.46. The van der Waals surface area contributed by atoms with E-state index in [1.165, 1.54) is 12.8 Å². The highest BCUT2D eigenvalue weighted by Gasteiger charge is 2.18.